The van der Waals surface area contributed by atoms with E-state index in [9.17, 15) is 14.7 Å². The van der Waals surface area contributed by atoms with Crippen molar-refractivity contribution in [1.29, 1.82) is 0 Å². The number of piperazine rings is 1. The molecule has 8 nitrogen and oxygen atoms in total. The number of fused-ring (bicyclic) bond motifs is 1. The molecule has 1 amide bonds. The molecule has 36 heavy (non-hydrogen) atoms. The number of rotatable bonds is 5. The first-order valence-corrected chi connectivity index (χ1v) is 12.6. The minimum Gasteiger partial charge on any atom is -0.507 e. The summed E-state index contributed by atoms with van der Waals surface area (Å²) in [7, 11) is 1.57. The Morgan fingerprint density at radius 2 is 1.72 bits per heavy atom. The van der Waals surface area contributed by atoms with Gasteiger partial charge in [0.2, 0.25) is 0 Å². The van der Waals surface area contributed by atoms with E-state index in [-0.39, 0.29) is 17.4 Å². The second kappa shape index (κ2) is 10.5. The third kappa shape index (κ3) is 5.14. The lowest BCUT2D eigenvalue weighted by molar-refractivity contribution is 0.0523. The fraction of sp³-hybridized carbons (Fsp3) is 0.393. The van der Waals surface area contributed by atoms with Gasteiger partial charge in [-0.3, -0.25) is 14.5 Å². The molecule has 0 radical (unpaired) electrons. The van der Waals surface area contributed by atoms with Crippen molar-refractivity contribution in [2.75, 3.05) is 33.3 Å². The van der Waals surface area contributed by atoms with Crippen LogP contribution in [0.25, 0.3) is 22.9 Å². The Bertz CT molecular complexity index is 1320. The monoisotopic (exact) mass is 488 g/mol. The highest BCUT2D eigenvalue weighted by atomic mass is 16.5. The molecule has 1 aliphatic heterocycles. The molecule has 188 valence electrons. The number of carbonyl (C=O) groups is 1. The van der Waals surface area contributed by atoms with E-state index in [2.05, 4.69) is 14.9 Å². The number of aromatic amines is 1. The van der Waals surface area contributed by atoms with E-state index in [4.69, 9.17) is 4.74 Å². The topological polar surface area (TPSA) is 98.8 Å². The van der Waals surface area contributed by atoms with Gasteiger partial charge in [0.25, 0.3) is 11.5 Å². The summed E-state index contributed by atoms with van der Waals surface area (Å²) < 4.78 is 5.13. The molecule has 1 aromatic heterocycles. The van der Waals surface area contributed by atoms with Crippen LogP contribution in [0.1, 0.15) is 53.7 Å². The summed E-state index contributed by atoms with van der Waals surface area (Å²) in [5, 5.41) is 10.5. The molecule has 2 fully saturated rings. The summed E-state index contributed by atoms with van der Waals surface area (Å²) in [6.45, 7) is 3.26. The number of aliphatic hydroxyl groups excluding tert-OH is 1. The van der Waals surface area contributed by atoms with E-state index in [0.29, 0.717) is 34.0 Å². The van der Waals surface area contributed by atoms with Gasteiger partial charge in [0.15, 0.2) is 0 Å². The number of hydrogen-bond donors (Lipinski definition) is 2. The maximum atomic E-state index is 13.2. The lowest BCUT2D eigenvalue weighted by Gasteiger charge is -2.40. The number of carbonyl (C=O) groups excluding carboxylic acids is 1. The first kappa shape index (κ1) is 24.1. The van der Waals surface area contributed by atoms with Gasteiger partial charge in [-0.05, 0) is 55.3 Å². The van der Waals surface area contributed by atoms with Crippen molar-refractivity contribution in [2.24, 2.45) is 0 Å². The molecule has 0 bridgehead atoms. The predicted molar refractivity (Wildman–Crippen MR) is 140 cm³/mol. The number of aliphatic hydroxyl groups is 1. The van der Waals surface area contributed by atoms with Gasteiger partial charge in [-0.15, -0.1) is 0 Å². The predicted octanol–water partition coefficient (Wildman–Crippen LogP) is 4.08. The Kier molecular flexibility index (Phi) is 7.04. The number of H-pyrrole nitrogens is 1. The van der Waals surface area contributed by atoms with Gasteiger partial charge >= 0.3 is 0 Å². The number of nitrogens with zero attached hydrogens (tertiary/aromatic N) is 3. The van der Waals surface area contributed by atoms with Crippen LogP contribution in [0.3, 0.4) is 0 Å². The number of benzene rings is 2. The summed E-state index contributed by atoms with van der Waals surface area (Å²) in [5.41, 5.74) is 1.77. The second-order valence-electron chi connectivity index (χ2n) is 9.56. The fourth-order valence-corrected chi connectivity index (χ4v) is 5.22. The Balaban J connectivity index is 1.30. The highest BCUT2D eigenvalue weighted by Gasteiger charge is 2.27. The second-order valence-corrected chi connectivity index (χ2v) is 9.56. The SMILES string of the molecule is COc1ccc(C(O)=Cc2nc3ccc(C(=O)N4CCN(C5CCCCC5)CC4)cc3[nH]c2=O)cc1. The molecule has 1 saturated carbocycles. The molecular formula is C28H32N4O4. The first-order chi connectivity index (χ1) is 17.5. The lowest BCUT2D eigenvalue weighted by atomic mass is 9.94. The minimum absolute atomic E-state index is 0.0258. The minimum atomic E-state index is -0.437. The van der Waals surface area contributed by atoms with Gasteiger partial charge in [-0.1, -0.05) is 19.3 Å². The first-order valence-electron chi connectivity index (χ1n) is 12.6. The van der Waals surface area contributed by atoms with Crippen LogP contribution in [0.15, 0.2) is 47.3 Å². The van der Waals surface area contributed by atoms with E-state index in [1.54, 1.807) is 49.6 Å². The van der Waals surface area contributed by atoms with Crippen LogP contribution in [-0.2, 0) is 0 Å². The maximum absolute atomic E-state index is 13.2. The van der Waals surface area contributed by atoms with Crippen LogP contribution < -0.4 is 10.3 Å². The molecular weight excluding hydrogens is 456 g/mol. The van der Waals surface area contributed by atoms with Crippen LogP contribution in [0.4, 0.5) is 0 Å². The molecule has 2 aromatic carbocycles. The van der Waals surface area contributed by atoms with E-state index in [1.165, 1.54) is 38.2 Å². The van der Waals surface area contributed by atoms with Crippen molar-refractivity contribution < 1.29 is 14.6 Å². The molecule has 2 N–H and O–H groups in total. The molecule has 0 unspecified atom stereocenters. The number of amides is 1. The van der Waals surface area contributed by atoms with E-state index in [0.717, 1.165) is 26.2 Å². The molecule has 0 spiro atoms. The molecule has 1 saturated heterocycles. The molecule has 5 rings (SSSR count). The van der Waals surface area contributed by atoms with Crippen molar-refractivity contribution in [1.82, 2.24) is 19.8 Å². The number of aromatic nitrogens is 2. The average molecular weight is 489 g/mol. The van der Waals surface area contributed by atoms with Crippen LogP contribution in [0.2, 0.25) is 0 Å². The van der Waals surface area contributed by atoms with Crippen LogP contribution in [0, 0.1) is 0 Å². The molecule has 0 atom stereocenters. The highest BCUT2D eigenvalue weighted by Crippen LogP contribution is 2.24. The van der Waals surface area contributed by atoms with Crippen molar-refractivity contribution >= 4 is 28.8 Å². The number of ether oxygens (including phenoxy) is 1. The third-order valence-corrected chi connectivity index (χ3v) is 7.32. The van der Waals surface area contributed by atoms with Gasteiger partial charge in [0.05, 0.1) is 18.1 Å². The van der Waals surface area contributed by atoms with Gasteiger partial charge in [0.1, 0.15) is 17.2 Å². The zero-order valence-corrected chi connectivity index (χ0v) is 20.6. The van der Waals surface area contributed by atoms with Crippen LogP contribution in [0.5, 0.6) is 5.75 Å². The number of methoxy groups -OCH3 is 1. The summed E-state index contributed by atoms with van der Waals surface area (Å²) in [4.78, 5) is 37.5. The van der Waals surface area contributed by atoms with Crippen molar-refractivity contribution in [3.8, 4) is 5.75 Å². The van der Waals surface area contributed by atoms with Gasteiger partial charge < -0.3 is 19.7 Å². The van der Waals surface area contributed by atoms with Crippen LogP contribution >= 0.6 is 0 Å². The lowest BCUT2D eigenvalue weighted by Crippen LogP contribution is -2.52. The summed E-state index contributed by atoms with van der Waals surface area (Å²) in [5.74, 6) is 0.570. The molecule has 2 aliphatic rings. The van der Waals surface area contributed by atoms with E-state index in [1.807, 2.05) is 4.90 Å². The Morgan fingerprint density at radius 1 is 1.03 bits per heavy atom. The van der Waals surface area contributed by atoms with Crippen molar-refractivity contribution in [3.63, 3.8) is 0 Å². The Labute approximate surface area is 210 Å². The van der Waals surface area contributed by atoms with Gasteiger partial charge in [-0.25, -0.2) is 4.98 Å². The van der Waals surface area contributed by atoms with Gasteiger partial charge in [-0.2, -0.15) is 0 Å². The number of nitrogens with one attached hydrogen (secondary N) is 1. The standard InChI is InChI=1S/C28H32N4O4/c1-36-22-10-7-19(8-11-22)26(33)18-25-27(34)30-24-17-20(9-12-23(24)29-25)28(35)32-15-13-31(14-16-32)21-5-3-2-4-6-21/h7-12,17-18,21,33H,2-6,13-16H2,1H3,(H,30,34). The number of hydrogen-bond acceptors (Lipinski definition) is 6. The molecule has 3 aromatic rings. The average Bonchev–Trinajstić information content (AvgIpc) is 2.93. The van der Waals surface area contributed by atoms with E-state index < -0.39 is 5.56 Å². The summed E-state index contributed by atoms with van der Waals surface area (Å²) >= 11 is 0. The van der Waals surface area contributed by atoms with Crippen molar-refractivity contribution in [2.45, 2.75) is 38.1 Å². The molecule has 8 heteroatoms. The summed E-state index contributed by atoms with van der Waals surface area (Å²) in [6, 6.07) is 12.7. The largest absolute Gasteiger partial charge is 0.507 e. The Morgan fingerprint density at radius 3 is 2.42 bits per heavy atom. The fourth-order valence-electron chi connectivity index (χ4n) is 5.22. The Hall–Kier alpha value is -3.65. The molecule has 2 heterocycles. The van der Waals surface area contributed by atoms with Crippen molar-refractivity contribution in [3.05, 3.63) is 69.6 Å². The smallest absolute Gasteiger partial charge is 0.274 e. The normalized spacial score (nSPS) is 17.9. The van der Waals surface area contributed by atoms with Crippen LogP contribution in [-0.4, -0.2) is 70.1 Å². The zero-order valence-electron chi connectivity index (χ0n) is 20.6. The quantitative estimate of drug-likeness (QED) is 0.525. The van der Waals surface area contributed by atoms with E-state index >= 15 is 0 Å². The zero-order chi connectivity index (χ0) is 25.1. The third-order valence-electron chi connectivity index (χ3n) is 7.32. The summed E-state index contributed by atoms with van der Waals surface area (Å²) in [6.07, 6.45) is 7.85. The van der Waals surface area contributed by atoms with Gasteiger partial charge in [0, 0.05) is 49.4 Å². The maximum Gasteiger partial charge on any atom is 0.274 e. The highest BCUT2D eigenvalue weighted by molar-refractivity contribution is 5.97. The molecule has 1 aliphatic carbocycles.